The number of carbonyl (C=O) groups excluding carboxylic acids is 1. The van der Waals surface area contributed by atoms with Gasteiger partial charge in [-0.3, -0.25) is 4.79 Å². The molecule has 0 saturated carbocycles. The number of hydrogen-bond acceptors (Lipinski definition) is 3. The topological polar surface area (TPSA) is 41.6 Å². The van der Waals surface area contributed by atoms with E-state index in [1.807, 2.05) is 0 Å². The van der Waals surface area contributed by atoms with E-state index in [4.69, 9.17) is 4.74 Å². The van der Waals surface area contributed by atoms with Crippen molar-refractivity contribution in [2.75, 3.05) is 33.3 Å². The molecule has 25 heavy (non-hydrogen) atoms. The molecular formula is C20H31FN2O2. The van der Waals surface area contributed by atoms with Crippen LogP contribution in [0.5, 0.6) is 5.75 Å². The van der Waals surface area contributed by atoms with Crippen LogP contribution in [0.1, 0.15) is 44.0 Å². The van der Waals surface area contributed by atoms with E-state index in [0.29, 0.717) is 24.4 Å². The van der Waals surface area contributed by atoms with Crippen molar-refractivity contribution in [3.05, 3.63) is 29.8 Å². The molecule has 1 fully saturated rings. The van der Waals surface area contributed by atoms with Gasteiger partial charge in [-0.05, 0) is 49.5 Å². The van der Waals surface area contributed by atoms with Crippen molar-refractivity contribution in [2.24, 2.45) is 11.3 Å². The van der Waals surface area contributed by atoms with Crippen LogP contribution in [0.15, 0.2) is 24.3 Å². The second-order valence-electron chi connectivity index (χ2n) is 8.12. The SMILES string of the molecule is COc1cccc(C(=O)NCC2CCN(CCC(C)(C)C)CC2F)c1. The molecule has 1 heterocycles. The first-order valence-electron chi connectivity index (χ1n) is 9.07. The van der Waals surface area contributed by atoms with Crippen LogP contribution in [0, 0.1) is 11.3 Å². The van der Waals surface area contributed by atoms with Gasteiger partial charge >= 0.3 is 0 Å². The predicted octanol–water partition coefficient (Wildman–Crippen LogP) is 3.52. The van der Waals surface area contributed by atoms with E-state index in [2.05, 4.69) is 31.0 Å². The Hall–Kier alpha value is -1.62. The van der Waals surface area contributed by atoms with Crippen molar-refractivity contribution < 1.29 is 13.9 Å². The smallest absolute Gasteiger partial charge is 0.251 e. The van der Waals surface area contributed by atoms with Crippen LogP contribution in [-0.2, 0) is 0 Å². The van der Waals surface area contributed by atoms with Crippen LogP contribution >= 0.6 is 0 Å². The molecule has 1 N–H and O–H groups in total. The summed E-state index contributed by atoms with van der Waals surface area (Å²) < 4.78 is 19.6. The van der Waals surface area contributed by atoms with Crippen molar-refractivity contribution >= 4 is 5.91 Å². The van der Waals surface area contributed by atoms with Crippen molar-refractivity contribution in [3.8, 4) is 5.75 Å². The maximum atomic E-state index is 14.5. The third-order valence-electron chi connectivity index (χ3n) is 4.80. The largest absolute Gasteiger partial charge is 0.497 e. The Bertz CT molecular complexity index is 571. The third kappa shape index (κ3) is 6.31. The van der Waals surface area contributed by atoms with E-state index >= 15 is 0 Å². The summed E-state index contributed by atoms with van der Waals surface area (Å²) in [7, 11) is 1.57. The molecule has 0 spiro atoms. The molecule has 1 aliphatic rings. The van der Waals surface area contributed by atoms with Crippen molar-refractivity contribution in [3.63, 3.8) is 0 Å². The van der Waals surface area contributed by atoms with Gasteiger partial charge in [-0.25, -0.2) is 4.39 Å². The second kappa shape index (κ2) is 8.65. The van der Waals surface area contributed by atoms with E-state index in [9.17, 15) is 9.18 Å². The van der Waals surface area contributed by atoms with Gasteiger partial charge in [0.25, 0.3) is 5.91 Å². The zero-order valence-electron chi connectivity index (χ0n) is 15.8. The molecule has 0 bridgehead atoms. The number of ether oxygens (including phenoxy) is 1. The molecule has 0 aromatic heterocycles. The van der Waals surface area contributed by atoms with Crippen molar-refractivity contribution in [2.45, 2.75) is 39.8 Å². The fourth-order valence-electron chi connectivity index (χ4n) is 3.03. The first-order chi connectivity index (χ1) is 11.8. The zero-order valence-corrected chi connectivity index (χ0v) is 15.8. The standard InChI is InChI=1S/C20H31FN2O2/c1-20(2,3)9-11-23-10-8-16(18(21)14-23)13-22-19(24)15-6-5-7-17(12-15)25-4/h5-7,12,16,18H,8-11,13-14H2,1-4H3,(H,22,24). The molecule has 1 saturated heterocycles. The molecule has 1 aliphatic heterocycles. The van der Waals surface area contributed by atoms with Crippen LogP contribution in [0.3, 0.4) is 0 Å². The monoisotopic (exact) mass is 350 g/mol. The Balaban J connectivity index is 1.79. The number of rotatable bonds is 6. The number of amides is 1. The molecular weight excluding hydrogens is 319 g/mol. The van der Waals surface area contributed by atoms with E-state index < -0.39 is 6.17 Å². The Labute approximate surface area is 150 Å². The van der Waals surface area contributed by atoms with Gasteiger partial charge in [-0.1, -0.05) is 26.8 Å². The highest BCUT2D eigenvalue weighted by Crippen LogP contribution is 2.24. The first kappa shape index (κ1) is 19.7. The summed E-state index contributed by atoms with van der Waals surface area (Å²) in [5.74, 6) is 0.352. The molecule has 0 aliphatic carbocycles. The fourth-order valence-corrected chi connectivity index (χ4v) is 3.03. The van der Waals surface area contributed by atoms with Crippen LogP contribution in [-0.4, -0.2) is 50.3 Å². The number of nitrogens with zero attached hydrogens (tertiary/aromatic N) is 1. The molecule has 140 valence electrons. The van der Waals surface area contributed by atoms with Crippen LogP contribution in [0.2, 0.25) is 0 Å². The maximum Gasteiger partial charge on any atom is 0.251 e. The van der Waals surface area contributed by atoms with Gasteiger partial charge in [0, 0.05) is 24.6 Å². The van der Waals surface area contributed by atoms with E-state index in [1.165, 1.54) is 0 Å². The summed E-state index contributed by atoms with van der Waals surface area (Å²) in [6.45, 7) is 9.31. The lowest BCUT2D eigenvalue weighted by Gasteiger charge is -2.36. The maximum absolute atomic E-state index is 14.5. The van der Waals surface area contributed by atoms with E-state index in [1.54, 1.807) is 31.4 Å². The molecule has 2 unspecified atom stereocenters. The Morgan fingerprint density at radius 1 is 1.40 bits per heavy atom. The average molecular weight is 350 g/mol. The number of carbonyl (C=O) groups is 1. The van der Waals surface area contributed by atoms with Crippen LogP contribution < -0.4 is 10.1 Å². The molecule has 1 aromatic carbocycles. The fraction of sp³-hybridized carbons (Fsp3) is 0.650. The number of hydrogen-bond donors (Lipinski definition) is 1. The molecule has 0 radical (unpaired) electrons. The highest BCUT2D eigenvalue weighted by Gasteiger charge is 2.29. The van der Waals surface area contributed by atoms with Crippen molar-refractivity contribution in [1.82, 2.24) is 10.2 Å². The van der Waals surface area contributed by atoms with Crippen LogP contribution in [0.4, 0.5) is 4.39 Å². The minimum Gasteiger partial charge on any atom is -0.497 e. The van der Waals surface area contributed by atoms with Crippen molar-refractivity contribution in [1.29, 1.82) is 0 Å². The van der Waals surface area contributed by atoms with Crippen LogP contribution in [0.25, 0.3) is 0 Å². The highest BCUT2D eigenvalue weighted by molar-refractivity contribution is 5.94. The lowest BCUT2D eigenvalue weighted by atomic mass is 9.90. The molecule has 1 amide bonds. The van der Waals surface area contributed by atoms with E-state index in [-0.39, 0.29) is 17.2 Å². The number of benzene rings is 1. The number of methoxy groups -OCH3 is 1. The lowest BCUT2D eigenvalue weighted by Crippen LogP contribution is -2.46. The Kier molecular flexibility index (Phi) is 6.82. The van der Waals surface area contributed by atoms with Gasteiger partial charge in [0.15, 0.2) is 0 Å². The summed E-state index contributed by atoms with van der Waals surface area (Å²) in [6.07, 6.45) is 0.958. The minimum atomic E-state index is -0.890. The number of piperidine rings is 1. The minimum absolute atomic E-state index is 0.111. The molecule has 1 aromatic rings. The molecule has 5 heteroatoms. The average Bonchev–Trinajstić information content (AvgIpc) is 2.58. The summed E-state index contributed by atoms with van der Waals surface area (Å²) in [6, 6.07) is 7.00. The highest BCUT2D eigenvalue weighted by atomic mass is 19.1. The second-order valence-corrected chi connectivity index (χ2v) is 8.12. The number of halogens is 1. The van der Waals surface area contributed by atoms with Gasteiger partial charge in [0.2, 0.25) is 0 Å². The normalized spacial score (nSPS) is 21.8. The summed E-state index contributed by atoms with van der Waals surface area (Å²) in [5, 5.41) is 2.87. The van der Waals surface area contributed by atoms with Gasteiger partial charge in [0.1, 0.15) is 11.9 Å². The van der Waals surface area contributed by atoms with Gasteiger partial charge in [-0.2, -0.15) is 0 Å². The summed E-state index contributed by atoms with van der Waals surface area (Å²) in [5.41, 5.74) is 0.810. The number of likely N-dealkylation sites (tertiary alicyclic amines) is 1. The van der Waals surface area contributed by atoms with Gasteiger partial charge in [-0.15, -0.1) is 0 Å². The van der Waals surface area contributed by atoms with E-state index in [0.717, 1.165) is 25.9 Å². The first-order valence-corrected chi connectivity index (χ1v) is 9.07. The molecule has 2 rings (SSSR count). The lowest BCUT2D eigenvalue weighted by molar-refractivity contribution is 0.0724. The quantitative estimate of drug-likeness (QED) is 0.853. The zero-order chi connectivity index (χ0) is 18.4. The molecule has 2 atom stereocenters. The predicted molar refractivity (Wildman–Crippen MR) is 98.8 cm³/mol. The third-order valence-corrected chi connectivity index (χ3v) is 4.80. The summed E-state index contributed by atoms with van der Waals surface area (Å²) in [4.78, 5) is 14.4. The summed E-state index contributed by atoms with van der Waals surface area (Å²) >= 11 is 0. The number of nitrogens with one attached hydrogen (secondary N) is 1. The van der Waals surface area contributed by atoms with Gasteiger partial charge < -0.3 is 15.0 Å². The Morgan fingerprint density at radius 2 is 2.16 bits per heavy atom. The van der Waals surface area contributed by atoms with Gasteiger partial charge in [0.05, 0.1) is 7.11 Å². The number of alkyl halides is 1. The molecule has 4 nitrogen and oxygen atoms in total. The Morgan fingerprint density at radius 3 is 2.80 bits per heavy atom.